The number of anilines is 1. The second-order valence-electron chi connectivity index (χ2n) is 7.88. The quantitative estimate of drug-likeness (QED) is 0.831. The molecule has 0 aromatic heterocycles. The summed E-state index contributed by atoms with van der Waals surface area (Å²) in [5.41, 5.74) is 3.09. The summed E-state index contributed by atoms with van der Waals surface area (Å²) in [6.07, 6.45) is 0.303. The van der Waals surface area contributed by atoms with Gasteiger partial charge in [0.25, 0.3) is 0 Å². The van der Waals surface area contributed by atoms with Gasteiger partial charge in [0, 0.05) is 44.8 Å². The van der Waals surface area contributed by atoms with E-state index in [1.165, 1.54) is 0 Å². The fraction of sp³-hybridized carbons (Fsp3) is 0.619. The molecule has 0 saturated carbocycles. The highest BCUT2D eigenvalue weighted by molar-refractivity contribution is 5.98. The summed E-state index contributed by atoms with van der Waals surface area (Å²) in [4.78, 5) is 29.3. The molecule has 2 aliphatic rings. The van der Waals surface area contributed by atoms with Gasteiger partial charge < -0.3 is 15.0 Å². The Hall–Kier alpha value is -1.92. The zero-order valence-electron chi connectivity index (χ0n) is 16.7. The van der Waals surface area contributed by atoms with Crippen LogP contribution in [0.1, 0.15) is 37.3 Å². The SMILES string of the molecule is Cc1cccc(C(C)C)c1NC(=O)C1CC(=O)N(CCN2CCOCC2)C1. The van der Waals surface area contributed by atoms with Crippen LogP contribution in [-0.2, 0) is 14.3 Å². The maximum absolute atomic E-state index is 12.8. The fourth-order valence-corrected chi connectivity index (χ4v) is 3.82. The molecule has 2 aliphatic heterocycles. The minimum Gasteiger partial charge on any atom is -0.379 e. The number of nitrogens with one attached hydrogen (secondary N) is 1. The summed E-state index contributed by atoms with van der Waals surface area (Å²) in [6.45, 7) is 11.6. The van der Waals surface area contributed by atoms with E-state index in [2.05, 4.69) is 30.1 Å². The Morgan fingerprint density at radius 3 is 2.70 bits per heavy atom. The van der Waals surface area contributed by atoms with Crippen molar-refractivity contribution in [3.63, 3.8) is 0 Å². The molecular formula is C21H31N3O3. The van der Waals surface area contributed by atoms with Crippen molar-refractivity contribution in [2.45, 2.75) is 33.1 Å². The average Bonchev–Trinajstić information content (AvgIpc) is 3.03. The number of para-hydroxylation sites is 1. The van der Waals surface area contributed by atoms with Crippen LogP contribution in [0.4, 0.5) is 5.69 Å². The van der Waals surface area contributed by atoms with Gasteiger partial charge in [0.15, 0.2) is 0 Å². The summed E-state index contributed by atoms with van der Waals surface area (Å²) in [5, 5.41) is 3.10. The third-order valence-corrected chi connectivity index (χ3v) is 5.55. The predicted molar refractivity (Wildman–Crippen MR) is 106 cm³/mol. The lowest BCUT2D eigenvalue weighted by Crippen LogP contribution is -2.42. The van der Waals surface area contributed by atoms with Crippen LogP contribution in [0.25, 0.3) is 0 Å². The highest BCUT2D eigenvalue weighted by atomic mass is 16.5. The van der Waals surface area contributed by atoms with Crippen molar-refractivity contribution in [2.75, 3.05) is 51.3 Å². The van der Waals surface area contributed by atoms with Crippen molar-refractivity contribution in [1.29, 1.82) is 0 Å². The third kappa shape index (κ3) is 4.87. The molecule has 0 aliphatic carbocycles. The predicted octanol–water partition coefficient (Wildman–Crippen LogP) is 2.24. The second kappa shape index (κ2) is 8.85. The van der Waals surface area contributed by atoms with Crippen molar-refractivity contribution >= 4 is 17.5 Å². The molecule has 3 rings (SSSR count). The Labute approximate surface area is 161 Å². The smallest absolute Gasteiger partial charge is 0.229 e. The van der Waals surface area contributed by atoms with E-state index >= 15 is 0 Å². The summed E-state index contributed by atoms with van der Waals surface area (Å²) < 4.78 is 5.36. The number of morpholine rings is 1. The van der Waals surface area contributed by atoms with E-state index < -0.39 is 0 Å². The molecule has 2 heterocycles. The lowest BCUT2D eigenvalue weighted by molar-refractivity contribution is -0.128. The minimum absolute atomic E-state index is 0.0478. The van der Waals surface area contributed by atoms with Gasteiger partial charge in [0.1, 0.15) is 0 Å². The van der Waals surface area contributed by atoms with Crippen LogP contribution in [-0.4, -0.2) is 67.6 Å². The topological polar surface area (TPSA) is 61.9 Å². The van der Waals surface area contributed by atoms with Crippen molar-refractivity contribution < 1.29 is 14.3 Å². The van der Waals surface area contributed by atoms with Crippen molar-refractivity contribution in [2.24, 2.45) is 5.92 Å². The van der Waals surface area contributed by atoms with Gasteiger partial charge in [-0.1, -0.05) is 32.0 Å². The maximum atomic E-state index is 12.8. The summed E-state index contributed by atoms with van der Waals surface area (Å²) in [6, 6.07) is 6.09. The van der Waals surface area contributed by atoms with Crippen LogP contribution in [0, 0.1) is 12.8 Å². The molecule has 148 valence electrons. The number of hydrogen-bond acceptors (Lipinski definition) is 4. The van der Waals surface area contributed by atoms with E-state index in [1.807, 2.05) is 24.0 Å². The molecule has 1 atom stereocenters. The van der Waals surface area contributed by atoms with Crippen LogP contribution in [0.5, 0.6) is 0 Å². The molecular weight excluding hydrogens is 342 g/mol. The third-order valence-electron chi connectivity index (χ3n) is 5.55. The number of ether oxygens (including phenoxy) is 1. The number of nitrogens with zero attached hydrogens (tertiary/aromatic N) is 2. The number of carbonyl (C=O) groups excluding carboxylic acids is 2. The number of aryl methyl sites for hydroxylation is 1. The molecule has 2 amide bonds. The normalized spacial score (nSPS) is 21.1. The zero-order chi connectivity index (χ0) is 19.4. The number of hydrogen-bond donors (Lipinski definition) is 1. The number of carbonyl (C=O) groups is 2. The Bertz CT molecular complexity index is 683. The number of likely N-dealkylation sites (tertiary alicyclic amines) is 1. The van der Waals surface area contributed by atoms with E-state index in [1.54, 1.807) is 0 Å². The lowest BCUT2D eigenvalue weighted by atomic mass is 9.97. The molecule has 6 nitrogen and oxygen atoms in total. The van der Waals surface area contributed by atoms with Gasteiger partial charge in [-0.05, 0) is 24.0 Å². The van der Waals surface area contributed by atoms with Crippen molar-refractivity contribution in [3.05, 3.63) is 29.3 Å². The van der Waals surface area contributed by atoms with Crippen LogP contribution >= 0.6 is 0 Å². The fourth-order valence-electron chi connectivity index (χ4n) is 3.82. The molecule has 1 aromatic rings. The average molecular weight is 373 g/mol. The van der Waals surface area contributed by atoms with Gasteiger partial charge in [0.2, 0.25) is 11.8 Å². The molecule has 6 heteroatoms. The molecule has 0 radical (unpaired) electrons. The van der Waals surface area contributed by atoms with E-state index in [9.17, 15) is 9.59 Å². The first-order valence-electron chi connectivity index (χ1n) is 9.94. The van der Waals surface area contributed by atoms with E-state index in [-0.39, 0.29) is 17.7 Å². The van der Waals surface area contributed by atoms with Gasteiger partial charge >= 0.3 is 0 Å². The van der Waals surface area contributed by atoms with Crippen LogP contribution < -0.4 is 5.32 Å². The van der Waals surface area contributed by atoms with E-state index in [4.69, 9.17) is 4.74 Å². The summed E-state index contributed by atoms with van der Waals surface area (Å²) in [5.74, 6) is 0.0861. The Balaban J connectivity index is 1.58. The van der Waals surface area contributed by atoms with Gasteiger partial charge in [-0.15, -0.1) is 0 Å². The highest BCUT2D eigenvalue weighted by Gasteiger charge is 2.34. The molecule has 1 unspecified atom stereocenters. The zero-order valence-corrected chi connectivity index (χ0v) is 16.7. The first-order chi connectivity index (χ1) is 13.0. The molecule has 0 bridgehead atoms. The lowest BCUT2D eigenvalue weighted by Gasteiger charge is -2.28. The monoisotopic (exact) mass is 373 g/mol. The summed E-state index contributed by atoms with van der Waals surface area (Å²) >= 11 is 0. The number of rotatable bonds is 6. The van der Waals surface area contributed by atoms with Crippen LogP contribution in [0.2, 0.25) is 0 Å². The Kier molecular flexibility index (Phi) is 6.50. The molecule has 0 spiro atoms. The molecule has 1 aromatic carbocycles. The van der Waals surface area contributed by atoms with Crippen molar-refractivity contribution in [3.8, 4) is 0 Å². The highest BCUT2D eigenvalue weighted by Crippen LogP contribution is 2.29. The summed E-state index contributed by atoms with van der Waals surface area (Å²) in [7, 11) is 0. The first-order valence-corrected chi connectivity index (χ1v) is 9.94. The first kappa shape index (κ1) is 19.8. The van der Waals surface area contributed by atoms with Gasteiger partial charge in [-0.25, -0.2) is 0 Å². The second-order valence-corrected chi connectivity index (χ2v) is 7.88. The molecule has 2 saturated heterocycles. The van der Waals surface area contributed by atoms with Gasteiger partial charge in [-0.2, -0.15) is 0 Å². The van der Waals surface area contributed by atoms with Gasteiger partial charge in [-0.3, -0.25) is 14.5 Å². The minimum atomic E-state index is -0.276. The maximum Gasteiger partial charge on any atom is 0.229 e. The van der Waals surface area contributed by atoms with E-state index in [0.29, 0.717) is 25.4 Å². The Morgan fingerprint density at radius 2 is 2.00 bits per heavy atom. The van der Waals surface area contributed by atoms with Crippen LogP contribution in [0.3, 0.4) is 0 Å². The number of benzene rings is 1. The molecule has 2 fully saturated rings. The van der Waals surface area contributed by atoms with E-state index in [0.717, 1.165) is 49.7 Å². The van der Waals surface area contributed by atoms with Crippen molar-refractivity contribution in [1.82, 2.24) is 9.80 Å². The molecule has 27 heavy (non-hydrogen) atoms. The van der Waals surface area contributed by atoms with Gasteiger partial charge in [0.05, 0.1) is 19.1 Å². The molecule has 1 N–H and O–H groups in total. The largest absolute Gasteiger partial charge is 0.379 e. The van der Waals surface area contributed by atoms with Crippen LogP contribution in [0.15, 0.2) is 18.2 Å². The standard InChI is InChI=1S/C21H31N3O3/c1-15(2)18-6-4-5-16(3)20(18)22-21(26)17-13-19(25)24(14-17)8-7-23-9-11-27-12-10-23/h4-6,15,17H,7-14H2,1-3H3,(H,22,26). The Morgan fingerprint density at radius 1 is 1.26 bits per heavy atom. The number of amides is 2.